The van der Waals surface area contributed by atoms with Crippen LogP contribution in [-0.4, -0.2) is 22.8 Å². The lowest BCUT2D eigenvalue weighted by molar-refractivity contribution is 0.669. The molecule has 0 aliphatic carbocycles. The number of hydrogen-bond acceptors (Lipinski definition) is 2. The molecule has 115 heavy (non-hydrogen) atoms. The molecule has 7 heteroatoms. The fourth-order valence-electron chi connectivity index (χ4n) is 18.6. The lowest BCUT2D eigenvalue weighted by Crippen LogP contribution is -1.97. The summed E-state index contributed by atoms with van der Waals surface area (Å²) in [5.41, 5.74) is 30.7. The maximum absolute atomic E-state index is 6.44. The SMILES string of the molecule is c1ccc(-c2ccc(-c3ccc4c(c3)c3cc5oc6ccccc6c5cc3n4-c3ccc(-c4ccc5c(c4)c4ccccc4n5-c4ccccc4)cc3)cc2)cc1.c1ccc(-n2c3ccccc3c3ccc(-c4ccc(-n5c6cc(-n7c8ccccc8c8ccccc87)ccc6c6cc7oc8ccccc8c7cc65)cc4)cc32)cc1. The lowest BCUT2D eigenvalue weighted by atomic mass is 9.99. The van der Waals surface area contributed by atoms with Gasteiger partial charge in [-0.05, 0) is 196 Å². The van der Waals surface area contributed by atoms with Crippen molar-refractivity contribution in [1.29, 1.82) is 0 Å². The van der Waals surface area contributed by atoms with Gasteiger partial charge in [-0.2, -0.15) is 0 Å². The number of aromatic nitrogens is 5. The summed E-state index contributed by atoms with van der Waals surface area (Å²) in [7, 11) is 0. The number of furan rings is 2. The third kappa shape index (κ3) is 10.2. The van der Waals surface area contributed by atoms with Crippen molar-refractivity contribution >= 4 is 153 Å². The Morgan fingerprint density at radius 3 is 0.870 bits per heavy atom. The Hall–Kier alpha value is -15.4. The van der Waals surface area contributed by atoms with Gasteiger partial charge in [-0.3, -0.25) is 0 Å². The minimum atomic E-state index is 0.901. The molecule has 0 unspecified atom stereocenters. The van der Waals surface area contributed by atoms with Crippen LogP contribution in [0.3, 0.4) is 0 Å². The van der Waals surface area contributed by atoms with Crippen LogP contribution < -0.4 is 0 Å². The molecule has 0 spiro atoms. The minimum absolute atomic E-state index is 0.901. The lowest BCUT2D eigenvalue weighted by Gasteiger charge is -2.12. The topological polar surface area (TPSA) is 50.9 Å². The molecule has 7 heterocycles. The molecule has 0 bridgehead atoms. The quantitative estimate of drug-likeness (QED) is 0.145. The molecule has 0 aliphatic rings. The number of para-hydroxylation sites is 8. The van der Waals surface area contributed by atoms with Gasteiger partial charge in [0.1, 0.15) is 22.3 Å². The largest absolute Gasteiger partial charge is 0.456 e. The average molecular weight is 1470 g/mol. The van der Waals surface area contributed by atoms with E-state index in [1.807, 2.05) is 12.1 Å². The van der Waals surface area contributed by atoms with Gasteiger partial charge < -0.3 is 31.7 Å². The van der Waals surface area contributed by atoms with E-state index in [-0.39, 0.29) is 0 Å². The minimum Gasteiger partial charge on any atom is -0.456 e. The molecule has 0 atom stereocenters. The average Bonchev–Trinajstić information content (AvgIpc) is 1.57. The van der Waals surface area contributed by atoms with E-state index in [2.05, 4.69) is 417 Å². The number of benzene rings is 18. The molecule has 0 saturated carbocycles. The van der Waals surface area contributed by atoms with E-state index >= 15 is 0 Å². The Morgan fingerprint density at radius 2 is 0.383 bits per heavy atom. The molecule has 0 N–H and O–H groups in total. The monoisotopic (exact) mass is 1470 g/mol. The zero-order valence-corrected chi connectivity index (χ0v) is 62.2. The molecular weight excluding hydrogens is 1400 g/mol. The van der Waals surface area contributed by atoms with Crippen LogP contribution >= 0.6 is 0 Å². The molecule has 0 aliphatic heterocycles. The third-order valence-corrected chi connectivity index (χ3v) is 24.0. The van der Waals surface area contributed by atoms with Gasteiger partial charge >= 0.3 is 0 Å². The van der Waals surface area contributed by atoms with Crippen LogP contribution in [0.5, 0.6) is 0 Å². The highest BCUT2D eigenvalue weighted by Crippen LogP contribution is 2.45. The highest BCUT2D eigenvalue weighted by atomic mass is 16.3. The van der Waals surface area contributed by atoms with E-state index < -0.39 is 0 Å². The number of fused-ring (bicyclic) bond motifs is 21. The van der Waals surface area contributed by atoms with Crippen molar-refractivity contribution in [2.24, 2.45) is 0 Å². The second kappa shape index (κ2) is 25.6. The summed E-state index contributed by atoms with van der Waals surface area (Å²) in [5.74, 6) is 0. The standard InChI is InChI=1S/C54H33N3O.C54H34N2O/c1-2-12-36(13-3-1)55-47-18-8-6-16-41(47)42-28-24-35(30-50(42)55)34-22-25-37(26-23-34)56-51-31-38(57-48-19-9-4-14-39(48)40-15-5-10-20-49(40)57)27-29-43(51)45-33-54-46(32-52(45)56)44-17-7-11-21-53(44)58-54;1-3-11-35(12-4-1)36-19-21-37(22-20-36)40-26-30-51-46(32-40)47-34-54-48(44-16-8-10-18-53(44)57-54)33-52(47)56(51)42-27-23-38(24-28-42)39-25-29-50-45(31-39)43-15-7-9-17-49(43)55(50)41-13-5-2-6-14-41/h1-33H;1-34H. The second-order valence-corrected chi connectivity index (χ2v) is 30.3. The molecule has 0 fully saturated rings. The maximum atomic E-state index is 6.44. The Kier molecular flexibility index (Phi) is 14.3. The Labute approximate surface area is 659 Å². The van der Waals surface area contributed by atoms with Crippen molar-refractivity contribution in [3.63, 3.8) is 0 Å². The summed E-state index contributed by atoms with van der Waals surface area (Å²) in [6.45, 7) is 0. The first kappa shape index (κ1) is 64.4. The van der Waals surface area contributed by atoms with E-state index in [1.165, 1.54) is 137 Å². The number of rotatable bonds is 9. The summed E-state index contributed by atoms with van der Waals surface area (Å²) < 4.78 is 24.9. The molecule has 18 aromatic carbocycles. The molecule has 0 saturated heterocycles. The molecule has 7 nitrogen and oxygen atoms in total. The van der Waals surface area contributed by atoms with Crippen molar-refractivity contribution in [3.8, 4) is 72.9 Å². The van der Waals surface area contributed by atoms with Crippen LogP contribution in [0.1, 0.15) is 0 Å². The van der Waals surface area contributed by atoms with Crippen molar-refractivity contribution in [2.45, 2.75) is 0 Å². The van der Waals surface area contributed by atoms with Crippen LogP contribution in [-0.2, 0) is 0 Å². The summed E-state index contributed by atoms with van der Waals surface area (Å²) in [6.07, 6.45) is 0. The normalized spacial score (nSPS) is 12.0. The zero-order chi connectivity index (χ0) is 75.3. The number of hydrogen-bond donors (Lipinski definition) is 0. The smallest absolute Gasteiger partial charge is 0.136 e. The molecule has 7 aromatic heterocycles. The first-order valence-corrected chi connectivity index (χ1v) is 39.3. The Balaban J connectivity index is 0.000000133. The Morgan fingerprint density at radius 1 is 0.122 bits per heavy atom. The third-order valence-electron chi connectivity index (χ3n) is 24.0. The van der Waals surface area contributed by atoms with Crippen LogP contribution in [0.25, 0.3) is 226 Å². The molecule has 0 amide bonds. The van der Waals surface area contributed by atoms with Gasteiger partial charge in [0.15, 0.2) is 0 Å². The molecular formula is C108H67N5O2. The summed E-state index contributed by atoms with van der Waals surface area (Å²) in [6, 6.07) is 147. The predicted octanol–water partition coefficient (Wildman–Crippen LogP) is 29.3. The molecule has 536 valence electrons. The van der Waals surface area contributed by atoms with Gasteiger partial charge in [0, 0.05) is 104 Å². The summed E-state index contributed by atoms with van der Waals surface area (Å²) >= 11 is 0. The second-order valence-electron chi connectivity index (χ2n) is 30.3. The van der Waals surface area contributed by atoms with Crippen molar-refractivity contribution in [1.82, 2.24) is 22.8 Å². The molecule has 25 rings (SSSR count). The number of nitrogens with zero attached hydrogens (tertiary/aromatic N) is 5. The van der Waals surface area contributed by atoms with E-state index in [0.717, 1.165) is 88.7 Å². The van der Waals surface area contributed by atoms with Crippen molar-refractivity contribution < 1.29 is 8.83 Å². The van der Waals surface area contributed by atoms with E-state index in [0.29, 0.717) is 0 Å². The zero-order valence-electron chi connectivity index (χ0n) is 62.2. The first-order valence-electron chi connectivity index (χ1n) is 39.3. The van der Waals surface area contributed by atoms with Crippen LogP contribution in [0.4, 0.5) is 0 Å². The highest BCUT2D eigenvalue weighted by Gasteiger charge is 2.23. The van der Waals surface area contributed by atoms with Gasteiger partial charge in [0.05, 0.1) is 55.2 Å². The van der Waals surface area contributed by atoms with Gasteiger partial charge in [0.25, 0.3) is 0 Å². The highest BCUT2D eigenvalue weighted by molar-refractivity contribution is 6.20. The fraction of sp³-hybridized carbons (Fsp3) is 0. The predicted molar refractivity (Wildman–Crippen MR) is 481 cm³/mol. The molecule has 0 radical (unpaired) electrons. The van der Waals surface area contributed by atoms with Crippen molar-refractivity contribution in [3.05, 3.63) is 406 Å². The van der Waals surface area contributed by atoms with Gasteiger partial charge in [-0.1, -0.05) is 255 Å². The van der Waals surface area contributed by atoms with E-state index in [4.69, 9.17) is 8.83 Å². The van der Waals surface area contributed by atoms with Gasteiger partial charge in [0.2, 0.25) is 0 Å². The summed E-state index contributed by atoms with van der Waals surface area (Å²) in [5, 5.41) is 16.7. The van der Waals surface area contributed by atoms with Crippen LogP contribution in [0.2, 0.25) is 0 Å². The van der Waals surface area contributed by atoms with Crippen LogP contribution in [0.15, 0.2) is 415 Å². The Bertz CT molecular complexity index is 8180. The fourth-order valence-corrected chi connectivity index (χ4v) is 18.6. The molecule has 25 aromatic rings. The summed E-state index contributed by atoms with van der Waals surface area (Å²) in [4.78, 5) is 0. The van der Waals surface area contributed by atoms with Gasteiger partial charge in [-0.25, -0.2) is 0 Å². The van der Waals surface area contributed by atoms with Crippen LogP contribution in [0, 0.1) is 0 Å². The van der Waals surface area contributed by atoms with E-state index in [1.54, 1.807) is 0 Å². The van der Waals surface area contributed by atoms with Gasteiger partial charge in [-0.15, -0.1) is 0 Å². The maximum Gasteiger partial charge on any atom is 0.136 e. The first-order chi connectivity index (χ1) is 57.0. The van der Waals surface area contributed by atoms with Crippen molar-refractivity contribution in [2.75, 3.05) is 0 Å². The van der Waals surface area contributed by atoms with E-state index in [9.17, 15) is 0 Å².